The van der Waals surface area contributed by atoms with E-state index in [4.69, 9.17) is 0 Å². The van der Waals surface area contributed by atoms with Gasteiger partial charge in [0, 0.05) is 11.8 Å². The van der Waals surface area contributed by atoms with Crippen LogP contribution in [-0.2, 0) is 17.9 Å². The number of rotatable bonds is 5. The number of amides is 1. The van der Waals surface area contributed by atoms with Crippen molar-refractivity contribution in [1.82, 2.24) is 14.9 Å². The Bertz CT molecular complexity index is 809. The molecule has 1 amide bonds. The Morgan fingerprint density at radius 2 is 2.08 bits per heavy atom. The molecule has 0 spiro atoms. The van der Waals surface area contributed by atoms with Gasteiger partial charge in [-0.2, -0.15) is 0 Å². The van der Waals surface area contributed by atoms with E-state index in [0.717, 1.165) is 11.8 Å². The zero-order valence-electron chi connectivity index (χ0n) is 13.4. The van der Waals surface area contributed by atoms with Gasteiger partial charge in [0.2, 0.25) is 5.91 Å². The maximum Gasteiger partial charge on any atom is 0.586 e. The number of benzene rings is 1. The minimum atomic E-state index is -3.71. The number of hydrogen-bond donors (Lipinski definition) is 0. The number of carbonyl (C=O) groups is 1. The lowest BCUT2D eigenvalue weighted by molar-refractivity contribution is -0.287. The molecular formula is C17H15F2N3O3. The van der Waals surface area contributed by atoms with E-state index in [9.17, 15) is 13.6 Å². The summed E-state index contributed by atoms with van der Waals surface area (Å²) in [7, 11) is 0. The first-order valence-corrected chi connectivity index (χ1v) is 7.44. The number of fused-ring (bicyclic) bond motifs is 1. The lowest BCUT2D eigenvalue weighted by Crippen LogP contribution is -2.29. The lowest BCUT2D eigenvalue weighted by Gasteiger charge is -2.21. The molecule has 0 radical (unpaired) electrons. The van der Waals surface area contributed by atoms with Crippen LogP contribution in [0.25, 0.3) is 0 Å². The number of alkyl halides is 2. The molecule has 1 aliphatic heterocycles. The normalized spacial score (nSPS) is 14.2. The Morgan fingerprint density at radius 3 is 2.76 bits per heavy atom. The molecule has 0 fully saturated rings. The molecule has 2 aromatic rings. The molecule has 0 unspecified atom stereocenters. The molecule has 0 aliphatic carbocycles. The fourth-order valence-electron chi connectivity index (χ4n) is 2.39. The van der Waals surface area contributed by atoms with Gasteiger partial charge in [-0.3, -0.25) is 14.8 Å². The summed E-state index contributed by atoms with van der Waals surface area (Å²) in [5.74, 6) is -0.515. The molecule has 1 aromatic heterocycles. The minimum Gasteiger partial charge on any atom is -0.395 e. The van der Waals surface area contributed by atoms with Crippen molar-refractivity contribution in [1.29, 1.82) is 0 Å². The average molecular weight is 347 g/mol. The number of aryl methyl sites for hydroxylation is 1. The van der Waals surface area contributed by atoms with Crippen molar-refractivity contribution in [2.24, 2.45) is 0 Å². The van der Waals surface area contributed by atoms with Crippen LogP contribution in [0.4, 0.5) is 8.78 Å². The molecule has 0 atom stereocenters. The first-order chi connectivity index (χ1) is 11.9. The summed E-state index contributed by atoms with van der Waals surface area (Å²) in [6.45, 7) is 5.45. The van der Waals surface area contributed by atoms with Crippen LogP contribution >= 0.6 is 0 Å². The molecule has 2 heterocycles. The fourth-order valence-corrected chi connectivity index (χ4v) is 2.39. The third kappa shape index (κ3) is 3.73. The van der Waals surface area contributed by atoms with Crippen LogP contribution in [-0.4, -0.2) is 27.1 Å². The first-order valence-electron chi connectivity index (χ1n) is 7.44. The highest BCUT2D eigenvalue weighted by atomic mass is 19.3. The van der Waals surface area contributed by atoms with Crippen LogP contribution in [0.15, 0.2) is 43.2 Å². The molecule has 1 aromatic carbocycles. The average Bonchev–Trinajstić information content (AvgIpc) is 2.90. The molecule has 25 heavy (non-hydrogen) atoms. The molecule has 8 heteroatoms. The van der Waals surface area contributed by atoms with Gasteiger partial charge in [-0.1, -0.05) is 18.7 Å². The summed E-state index contributed by atoms with van der Waals surface area (Å²) in [6.07, 6.45) is 0.580. The van der Waals surface area contributed by atoms with E-state index in [0.29, 0.717) is 11.3 Å². The second-order valence-electron chi connectivity index (χ2n) is 5.46. The molecule has 1 aliphatic rings. The van der Waals surface area contributed by atoms with Crippen molar-refractivity contribution < 1.29 is 23.0 Å². The van der Waals surface area contributed by atoms with E-state index in [2.05, 4.69) is 26.0 Å². The van der Waals surface area contributed by atoms with Gasteiger partial charge in [-0.15, -0.1) is 8.78 Å². The minimum absolute atomic E-state index is 0.0308. The summed E-state index contributed by atoms with van der Waals surface area (Å²) in [5, 5.41) is 0. The quantitative estimate of drug-likeness (QED) is 0.778. The van der Waals surface area contributed by atoms with E-state index in [-0.39, 0.29) is 30.5 Å². The van der Waals surface area contributed by atoms with Gasteiger partial charge in [-0.05, 0) is 19.1 Å². The number of aromatic nitrogens is 2. The predicted molar refractivity (Wildman–Crippen MR) is 83.9 cm³/mol. The summed E-state index contributed by atoms with van der Waals surface area (Å²) in [4.78, 5) is 21.9. The maximum absolute atomic E-state index is 13.3. The number of ether oxygens (including phenoxy) is 2. The van der Waals surface area contributed by atoms with Crippen molar-refractivity contribution >= 4 is 5.91 Å². The topological polar surface area (TPSA) is 64.6 Å². The third-order valence-corrected chi connectivity index (χ3v) is 3.54. The number of para-hydroxylation sites is 1. The fraction of sp³-hybridized carbons (Fsp3) is 0.235. The third-order valence-electron chi connectivity index (χ3n) is 3.54. The van der Waals surface area contributed by atoms with Crippen molar-refractivity contribution in [3.8, 4) is 11.5 Å². The van der Waals surface area contributed by atoms with Crippen molar-refractivity contribution in [2.45, 2.75) is 26.3 Å². The van der Waals surface area contributed by atoms with E-state index >= 15 is 0 Å². The van der Waals surface area contributed by atoms with Crippen LogP contribution in [0, 0.1) is 6.92 Å². The van der Waals surface area contributed by atoms with E-state index in [1.54, 1.807) is 31.5 Å². The number of halogens is 2. The second-order valence-corrected chi connectivity index (χ2v) is 5.46. The van der Waals surface area contributed by atoms with Crippen LogP contribution in [0.5, 0.6) is 11.5 Å². The van der Waals surface area contributed by atoms with Gasteiger partial charge in [0.05, 0.1) is 30.7 Å². The van der Waals surface area contributed by atoms with Crippen LogP contribution < -0.4 is 9.47 Å². The van der Waals surface area contributed by atoms with Crippen molar-refractivity contribution in [3.05, 3.63) is 60.2 Å². The number of nitrogens with zero attached hydrogens (tertiary/aromatic N) is 3. The Kier molecular flexibility index (Phi) is 4.35. The van der Waals surface area contributed by atoms with Gasteiger partial charge < -0.3 is 14.4 Å². The lowest BCUT2D eigenvalue weighted by atomic mass is 10.1. The molecule has 0 saturated heterocycles. The smallest absolute Gasteiger partial charge is 0.395 e. The van der Waals surface area contributed by atoms with Gasteiger partial charge >= 0.3 is 6.29 Å². The molecule has 0 saturated carbocycles. The highest BCUT2D eigenvalue weighted by molar-refractivity contribution is 5.87. The van der Waals surface area contributed by atoms with Crippen molar-refractivity contribution in [2.75, 3.05) is 0 Å². The Hall–Kier alpha value is -3.03. The van der Waals surface area contributed by atoms with Crippen LogP contribution in [0.3, 0.4) is 0 Å². The highest BCUT2D eigenvalue weighted by Crippen LogP contribution is 2.43. The Labute approximate surface area is 142 Å². The Morgan fingerprint density at radius 1 is 1.28 bits per heavy atom. The number of hydrogen-bond acceptors (Lipinski definition) is 5. The Balaban J connectivity index is 1.85. The maximum atomic E-state index is 13.3. The zero-order valence-corrected chi connectivity index (χ0v) is 13.4. The van der Waals surface area contributed by atoms with Gasteiger partial charge in [-0.25, -0.2) is 0 Å². The second kappa shape index (κ2) is 6.46. The number of carbonyl (C=O) groups excluding carboxylic acids is 1. The van der Waals surface area contributed by atoms with Gasteiger partial charge in [0.1, 0.15) is 0 Å². The first kappa shape index (κ1) is 16.8. The highest BCUT2D eigenvalue weighted by Gasteiger charge is 2.44. The largest absolute Gasteiger partial charge is 0.586 e. The van der Waals surface area contributed by atoms with Gasteiger partial charge in [0.25, 0.3) is 0 Å². The predicted octanol–water partition coefficient (Wildman–Crippen LogP) is 2.82. The molecule has 6 nitrogen and oxygen atoms in total. The molecule has 130 valence electrons. The van der Waals surface area contributed by atoms with Gasteiger partial charge in [0.15, 0.2) is 11.5 Å². The molecule has 0 N–H and O–H groups in total. The van der Waals surface area contributed by atoms with Crippen LogP contribution in [0.1, 0.15) is 17.0 Å². The van der Waals surface area contributed by atoms with E-state index in [1.165, 1.54) is 11.0 Å². The summed E-state index contributed by atoms with van der Waals surface area (Å²) >= 11 is 0. The van der Waals surface area contributed by atoms with E-state index < -0.39 is 6.29 Å². The van der Waals surface area contributed by atoms with E-state index in [1.807, 2.05) is 0 Å². The standard InChI is InChI=1S/C17H15F2N3O3/c1-3-15(23)22(10-13-8-20-11(2)7-21-13)9-12-5-4-6-14-16(12)25-17(18,19)24-14/h3-8H,1,9-10H2,2H3. The zero-order chi connectivity index (χ0) is 18.0. The monoisotopic (exact) mass is 347 g/mol. The van der Waals surface area contributed by atoms with Crippen LogP contribution in [0.2, 0.25) is 0 Å². The SMILES string of the molecule is C=CC(=O)N(Cc1cnc(C)cn1)Cc1cccc2c1OC(F)(F)O2. The molecular weight excluding hydrogens is 332 g/mol. The summed E-state index contributed by atoms with van der Waals surface area (Å²) in [6, 6.07) is 4.53. The summed E-state index contributed by atoms with van der Waals surface area (Å²) < 4.78 is 35.6. The summed E-state index contributed by atoms with van der Waals surface area (Å²) in [5.41, 5.74) is 1.71. The van der Waals surface area contributed by atoms with Crippen molar-refractivity contribution in [3.63, 3.8) is 0 Å². The molecule has 0 bridgehead atoms. The molecule has 3 rings (SSSR count).